The van der Waals surface area contributed by atoms with Crippen molar-refractivity contribution >= 4 is 60.6 Å². The standard InChI is InChI=1S/C16H19BrN2O3S3/c1-11-10-12(5-6-13(11)17)18-16(20)14(7-9-23-2)19-25(21,22)15-4-3-8-24-15/h3-6,8,10,14,19H,7,9H2,1-2H3,(H,18,20). The number of benzene rings is 1. The number of carbonyl (C=O) groups is 1. The van der Waals surface area contributed by atoms with Crippen LogP contribution < -0.4 is 10.0 Å². The van der Waals surface area contributed by atoms with Crippen LogP contribution in [0.25, 0.3) is 0 Å². The zero-order valence-corrected chi connectivity index (χ0v) is 17.8. The number of amides is 1. The van der Waals surface area contributed by atoms with Crippen LogP contribution in [-0.4, -0.2) is 32.4 Å². The van der Waals surface area contributed by atoms with Gasteiger partial charge in [0.25, 0.3) is 10.0 Å². The first-order chi connectivity index (χ1) is 11.8. The van der Waals surface area contributed by atoms with Crippen molar-refractivity contribution in [1.29, 1.82) is 0 Å². The smallest absolute Gasteiger partial charge is 0.250 e. The third kappa shape index (κ3) is 5.82. The van der Waals surface area contributed by atoms with Crippen LogP contribution in [0.15, 0.2) is 44.4 Å². The van der Waals surface area contributed by atoms with Crippen molar-refractivity contribution < 1.29 is 13.2 Å². The second kappa shape index (κ2) is 9.18. The molecule has 0 saturated carbocycles. The third-order valence-corrected chi connectivity index (χ3v) is 7.81. The van der Waals surface area contributed by atoms with Crippen molar-refractivity contribution in [3.63, 3.8) is 0 Å². The molecule has 1 heterocycles. The molecule has 9 heteroatoms. The molecule has 1 atom stereocenters. The van der Waals surface area contributed by atoms with Gasteiger partial charge in [-0.3, -0.25) is 4.79 Å². The molecule has 1 aromatic carbocycles. The van der Waals surface area contributed by atoms with E-state index in [4.69, 9.17) is 0 Å². The van der Waals surface area contributed by atoms with Gasteiger partial charge in [0.05, 0.1) is 0 Å². The minimum absolute atomic E-state index is 0.203. The number of sulfonamides is 1. The van der Waals surface area contributed by atoms with Gasteiger partial charge in [-0.15, -0.1) is 11.3 Å². The minimum Gasteiger partial charge on any atom is -0.325 e. The number of rotatable bonds is 8. The summed E-state index contributed by atoms with van der Waals surface area (Å²) in [5.41, 5.74) is 1.62. The SMILES string of the molecule is CSCCC(NS(=O)(=O)c1cccs1)C(=O)Nc1ccc(Br)c(C)c1. The van der Waals surface area contributed by atoms with Crippen LogP contribution in [0.1, 0.15) is 12.0 Å². The molecule has 0 aliphatic heterocycles. The van der Waals surface area contributed by atoms with Crippen molar-refractivity contribution in [3.8, 4) is 0 Å². The Labute approximate surface area is 164 Å². The summed E-state index contributed by atoms with van der Waals surface area (Å²) in [7, 11) is -3.71. The number of hydrogen-bond donors (Lipinski definition) is 2. The number of halogens is 1. The van der Waals surface area contributed by atoms with Crippen LogP contribution in [0, 0.1) is 6.92 Å². The van der Waals surface area contributed by atoms with Gasteiger partial charge in [0, 0.05) is 10.2 Å². The number of anilines is 1. The lowest BCUT2D eigenvalue weighted by Crippen LogP contribution is -2.43. The Hall–Kier alpha value is -0.870. The summed E-state index contributed by atoms with van der Waals surface area (Å²) >= 11 is 6.10. The zero-order valence-electron chi connectivity index (χ0n) is 13.8. The Morgan fingerprint density at radius 2 is 2.12 bits per heavy atom. The number of thioether (sulfide) groups is 1. The fraction of sp³-hybridized carbons (Fsp3) is 0.312. The van der Waals surface area contributed by atoms with Gasteiger partial charge in [0.1, 0.15) is 10.3 Å². The lowest BCUT2D eigenvalue weighted by Gasteiger charge is -2.18. The quantitative estimate of drug-likeness (QED) is 0.624. The van der Waals surface area contributed by atoms with E-state index in [0.717, 1.165) is 21.4 Å². The minimum atomic E-state index is -3.71. The molecule has 0 aliphatic rings. The van der Waals surface area contributed by atoms with Crippen molar-refractivity contribution in [2.75, 3.05) is 17.3 Å². The number of aryl methyl sites for hydroxylation is 1. The maximum Gasteiger partial charge on any atom is 0.250 e. The molecule has 0 aliphatic carbocycles. The van der Waals surface area contributed by atoms with Gasteiger partial charge in [-0.2, -0.15) is 16.5 Å². The van der Waals surface area contributed by atoms with Crippen molar-refractivity contribution in [2.45, 2.75) is 23.6 Å². The lowest BCUT2D eigenvalue weighted by molar-refractivity contribution is -0.117. The molecule has 2 N–H and O–H groups in total. The summed E-state index contributed by atoms with van der Waals surface area (Å²) in [5, 5.41) is 4.48. The Kier molecular flexibility index (Phi) is 7.51. The Balaban J connectivity index is 2.15. The Bertz CT molecular complexity index is 823. The second-order valence-corrected chi connectivity index (χ2v) is 10.1. The average molecular weight is 463 g/mol. The molecular weight excluding hydrogens is 444 g/mol. The average Bonchev–Trinajstić information content (AvgIpc) is 3.10. The van der Waals surface area contributed by atoms with E-state index in [1.54, 1.807) is 29.3 Å². The molecule has 2 rings (SSSR count). The highest BCUT2D eigenvalue weighted by molar-refractivity contribution is 9.10. The van der Waals surface area contributed by atoms with Crippen LogP contribution in [0.4, 0.5) is 5.69 Å². The van der Waals surface area contributed by atoms with Gasteiger partial charge < -0.3 is 5.32 Å². The maximum atomic E-state index is 12.6. The van der Waals surface area contributed by atoms with E-state index in [1.165, 1.54) is 6.07 Å². The first kappa shape index (κ1) is 20.4. The Morgan fingerprint density at radius 3 is 2.72 bits per heavy atom. The fourth-order valence-electron chi connectivity index (χ4n) is 2.09. The van der Waals surface area contributed by atoms with E-state index in [0.29, 0.717) is 17.9 Å². The summed E-state index contributed by atoms with van der Waals surface area (Å²) in [4.78, 5) is 12.6. The largest absolute Gasteiger partial charge is 0.325 e. The van der Waals surface area contributed by atoms with Crippen molar-refractivity contribution in [3.05, 3.63) is 45.7 Å². The monoisotopic (exact) mass is 462 g/mol. The molecule has 1 amide bonds. The van der Waals surface area contributed by atoms with Gasteiger partial charge in [-0.05, 0) is 60.6 Å². The summed E-state index contributed by atoms with van der Waals surface area (Å²) in [6, 6.07) is 7.81. The molecule has 2 aromatic rings. The van der Waals surface area contributed by atoms with Crippen LogP contribution in [0.2, 0.25) is 0 Å². The third-order valence-electron chi connectivity index (χ3n) is 3.41. The molecular formula is C16H19BrN2O3S3. The van der Waals surface area contributed by atoms with Crippen molar-refractivity contribution in [2.24, 2.45) is 0 Å². The van der Waals surface area contributed by atoms with Gasteiger partial charge in [-0.25, -0.2) is 8.42 Å². The number of hydrogen-bond acceptors (Lipinski definition) is 5. The van der Waals surface area contributed by atoms with Gasteiger partial charge >= 0.3 is 0 Å². The normalized spacial score (nSPS) is 12.8. The second-order valence-electron chi connectivity index (χ2n) is 5.34. The summed E-state index contributed by atoms with van der Waals surface area (Å²) in [6.45, 7) is 1.92. The molecule has 0 spiro atoms. The van der Waals surface area contributed by atoms with E-state index in [1.807, 2.05) is 25.3 Å². The highest BCUT2D eigenvalue weighted by Crippen LogP contribution is 2.21. The van der Waals surface area contributed by atoms with Gasteiger partial charge in [0.15, 0.2) is 0 Å². The lowest BCUT2D eigenvalue weighted by atomic mass is 10.2. The summed E-state index contributed by atoms with van der Waals surface area (Å²) < 4.78 is 28.5. The van der Waals surface area contributed by atoms with E-state index < -0.39 is 16.1 Å². The van der Waals surface area contributed by atoms with Gasteiger partial charge in [0.2, 0.25) is 5.91 Å². The number of carbonyl (C=O) groups excluding carboxylic acids is 1. The predicted octanol–water partition coefficient (Wildman–Crippen LogP) is 3.86. The highest BCUT2D eigenvalue weighted by Gasteiger charge is 2.26. The summed E-state index contributed by atoms with van der Waals surface area (Å²) in [6.07, 6.45) is 2.33. The maximum absolute atomic E-state index is 12.6. The highest BCUT2D eigenvalue weighted by atomic mass is 79.9. The van der Waals surface area contributed by atoms with E-state index in [-0.39, 0.29) is 10.1 Å². The number of nitrogens with one attached hydrogen (secondary N) is 2. The molecule has 1 unspecified atom stereocenters. The van der Waals surface area contributed by atoms with Crippen molar-refractivity contribution in [1.82, 2.24) is 4.72 Å². The van der Waals surface area contributed by atoms with Crippen LogP contribution in [0.5, 0.6) is 0 Å². The molecule has 136 valence electrons. The number of thiophene rings is 1. The zero-order chi connectivity index (χ0) is 18.4. The van der Waals surface area contributed by atoms with Crippen LogP contribution >= 0.6 is 39.0 Å². The Morgan fingerprint density at radius 1 is 1.36 bits per heavy atom. The van der Waals surface area contributed by atoms with Crippen LogP contribution in [-0.2, 0) is 14.8 Å². The predicted molar refractivity (Wildman–Crippen MR) is 109 cm³/mol. The molecule has 25 heavy (non-hydrogen) atoms. The summed E-state index contributed by atoms with van der Waals surface area (Å²) in [5.74, 6) is 0.306. The van der Waals surface area contributed by atoms with E-state index >= 15 is 0 Å². The molecule has 0 fully saturated rings. The molecule has 5 nitrogen and oxygen atoms in total. The molecule has 0 bridgehead atoms. The van der Waals surface area contributed by atoms with E-state index in [9.17, 15) is 13.2 Å². The van der Waals surface area contributed by atoms with E-state index in [2.05, 4.69) is 26.0 Å². The topological polar surface area (TPSA) is 75.3 Å². The first-order valence-electron chi connectivity index (χ1n) is 7.45. The molecule has 0 radical (unpaired) electrons. The van der Waals surface area contributed by atoms with Crippen LogP contribution in [0.3, 0.4) is 0 Å². The van der Waals surface area contributed by atoms with Gasteiger partial charge in [-0.1, -0.05) is 22.0 Å². The molecule has 0 saturated heterocycles. The fourth-order valence-corrected chi connectivity index (χ4v) is 5.05. The molecule has 1 aromatic heterocycles. The first-order valence-corrected chi connectivity index (χ1v) is 12.0.